The number of carbonyl (C=O) groups is 1. The Morgan fingerprint density at radius 1 is 1.27 bits per heavy atom. The maximum absolute atomic E-state index is 12.6. The van der Waals surface area contributed by atoms with Crippen LogP contribution in [0.1, 0.15) is 57.3 Å². The van der Waals surface area contributed by atoms with Crippen molar-refractivity contribution in [2.24, 2.45) is 0 Å². The zero-order valence-electron chi connectivity index (χ0n) is 17.7. The second-order valence-corrected chi connectivity index (χ2v) is 8.68. The van der Waals surface area contributed by atoms with Gasteiger partial charge in [0.15, 0.2) is 5.82 Å². The molecule has 3 aromatic rings. The first-order chi connectivity index (χ1) is 14.5. The van der Waals surface area contributed by atoms with E-state index in [9.17, 15) is 4.79 Å². The number of nitrogens with zero attached hydrogens (tertiary/aromatic N) is 5. The van der Waals surface area contributed by atoms with E-state index in [-0.39, 0.29) is 17.9 Å². The van der Waals surface area contributed by atoms with Gasteiger partial charge in [-0.3, -0.25) is 9.48 Å². The molecule has 0 unspecified atom stereocenters. The quantitative estimate of drug-likeness (QED) is 0.641. The molecule has 0 spiro atoms. The number of fused-ring (bicyclic) bond motifs is 1. The van der Waals surface area contributed by atoms with Gasteiger partial charge in [0.25, 0.3) is 11.8 Å². The van der Waals surface area contributed by atoms with E-state index in [2.05, 4.69) is 35.2 Å². The molecule has 3 heterocycles. The van der Waals surface area contributed by atoms with Crippen molar-refractivity contribution < 1.29 is 14.1 Å². The molecule has 0 bridgehead atoms. The number of amides is 1. The average Bonchev–Trinajstić information content (AvgIpc) is 3.21. The molecule has 30 heavy (non-hydrogen) atoms. The van der Waals surface area contributed by atoms with Gasteiger partial charge in [-0.1, -0.05) is 11.2 Å². The highest BCUT2D eigenvalue weighted by molar-refractivity contribution is 5.88. The number of likely N-dealkylation sites (tertiary alicyclic amines) is 1. The van der Waals surface area contributed by atoms with E-state index < -0.39 is 5.60 Å². The molecule has 1 aromatic carbocycles. The van der Waals surface area contributed by atoms with Crippen LogP contribution in [0, 0.1) is 0 Å². The van der Waals surface area contributed by atoms with Crippen molar-refractivity contribution in [2.75, 3.05) is 20.2 Å². The summed E-state index contributed by atoms with van der Waals surface area (Å²) >= 11 is 0. The predicted molar refractivity (Wildman–Crippen MR) is 111 cm³/mol. The highest BCUT2D eigenvalue weighted by Gasteiger charge is 2.52. The summed E-state index contributed by atoms with van der Waals surface area (Å²) in [4.78, 5) is 19.3. The standard InChI is InChI=1S/C22H27N5O3/c1-14(2)27-18-12-16(4-5-17(18)13-23-27)20-24-19(25-30-20)15-6-10-26(11-7-15)21(28)22(29-3)8-9-22/h4-5,12-15H,6-11H2,1-3H3. The van der Waals surface area contributed by atoms with Gasteiger partial charge in [0.05, 0.1) is 11.7 Å². The van der Waals surface area contributed by atoms with Gasteiger partial charge in [0.1, 0.15) is 5.60 Å². The molecule has 2 aromatic heterocycles. The third-order valence-electron chi connectivity index (χ3n) is 6.41. The van der Waals surface area contributed by atoms with Gasteiger partial charge in [-0.25, -0.2) is 0 Å². The third-order valence-corrected chi connectivity index (χ3v) is 6.41. The van der Waals surface area contributed by atoms with Crippen molar-refractivity contribution >= 4 is 16.8 Å². The fourth-order valence-corrected chi connectivity index (χ4v) is 4.35. The number of aromatic nitrogens is 4. The summed E-state index contributed by atoms with van der Waals surface area (Å²) in [6, 6.07) is 6.36. The number of benzene rings is 1. The number of hydrogen-bond donors (Lipinski definition) is 0. The lowest BCUT2D eigenvalue weighted by Gasteiger charge is -2.32. The summed E-state index contributed by atoms with van der Waals surface area (Å²) in [6.45, 7) is 5.63. The topological polar surface area (TPSA) is 86.3 Å². The molecule has 0 atom stereocenters. The van der Waals surface area contributed by atoms with Gasteiger partial charge < -0.3 is 14.2 Å². The Morgan fingerprint density at radius 3 is 2.70 bits per heavy atom. The summed E-state index contributed by atoms with van der Waals surface area (Å²) in [6.07, 6.45) is 5.21. The summed E-state index contributed by atoms with van der Waals surface area (Å²) in [5.74, 6) is 1.59. The van der Waals surface area contributed by atoms with Gasteiger partial charge >= 0.3 is 0 Å². The van der Waals surface area contributed by atoms with Crippen LogP contribution in [0.25, 0.3) is 22.4 Å². The van der Waals surface area contributed by atoms with E-state index in [1.807, 2.05) is 27.9 Å². The summed E-state index contributed by atoms with van der Waals surface area (Å²) in [5.41, 5.74) is 1.40. The highest BCUT2D eigenvalue weighted by Crippen LogP contribution is 2.41. The molecule has 5 rings (SSSR count). The van der Waals surface area contributed by atoms with Crippen LogP contribution in [0.5, 0.6) is 0 Å². The number of rotatable bonds is 5. The second-order valence-electron chi connectivity index (χ2n) is 8.68. The van der Waals surface area contributed by atoms with Crippen LogP contribution in [-0.4, -0.2) is 56.5 Å². The van der Waals surface area contributed by atoms with Gasteiger partial charge in [-0.05, 0) is 51.7 Å². The lowest BCUT2D eigenvalue weighted by Crippen LogP contribution is -2.45. The summed E-state index contributed by atoms with van der Waals surface area (Å²) < 4.78 is 13.0. The van der Waals surface area contributed by atoms with Crippen molar-refractivity contribution in [3.05, 3.63) is 30.2 Å². The fourth-order valence-electron chi connectivity index (χ4n) is 4.35. The molecular formula is C22H27N5O3. The molecule has 0 N–H and O–H groups in total. The largest absolute Gasteiger partial charge is 0.368 e. The monoisotopic (exact) mass is 409 g/mol. The third kappa shape index (κ3) is 3.19. The molecular weight excluding hydrogens is 382 g/mol. The van der Waals surface area contributed by atoms with Crippen LogP contribution < -0.4 is 0 Å². The number of carbonyl (C=O) groups excluding carboxylic acids is 1. The van der Waals surface area contributed by atoms with E-state index in [4.69, 9.17) is 9.26 Å². The number of hydrogen-bond acceptors (Lipinski definition) is 6. The van der Waals surface area contributed by atoms with Crippen LogP contribution in [0.4, 0.5) is 0 Å². The van der Waals surface area contributed by atoms with Crippen LogP contribution in [0.15, 0.2) is 28.9 Å². The Bertz CT molecular complexity index is 1070. The Morgan fingerprint density at radius 2 is 2.03 bits per heavy atom. The molecule has 2 fully saturated rings. The molecule has 1 saturated heterocycles. The first kappa shape index (κ1) is 19.2. The Labute approximate surface area is 175 Å². The van der Waals surface area contributed by atoms with Crippen LogP contribution >= 0.6 is 0 Å². The van der Waals surface area contributed by atoms with E-state index in [1.54, 1.807) is 7.11 Å². The maximum Gasteiger partial charge on any atom is 0.258 e. The van der Waals surface area contributed by atoms with E-state index >= 15 is 0 Å². The van der Waals surface area contributed by atoms with Crippen LogP contribution in [0.2, 0.25) is 0 Å². The van der Waals surface area contributed by atoms with E-state index in [0.717, 1.165) is 48.0 Å². The van der Waals surface area contributed by atoms with Crippen molar-refractivity contribution in [2.45, 2.75) is 57.1 Å². The minimum atomic E-state index is -0.548. The molecule has 158 valence electrons. The number of ether oxygens (including phenoxy) is 1. The average molecular weight is 409 g/mol. The zero-order chi connectivity index (χ0) is 20.9. The SMILES string of the molecule is COC1(C(=O)N2CCC(c3noc(-c4ccc5cnn(C(C)C)c5c4)n3)CC2)CC1. The van der Waals surface area contributed by atoms with Crippen LogP contribution in [-0.2, 0) is 9.53 Å². The predicted octanol–water partition coefficient (Wildman–Crippen LogP) is 3.55. The number of piperidine rings is 1. The molecule has 0 radical (unpaired) electrons. The zero-order valence-corrected chi connectivity index (χ0v) is 17.7. The smallest absolute Gasteiger partial charge is 0.258 e. The van der Waals surface area contributed by atoms with Gasteiger partial charge in [0, 0.05) is 43.1 Å². The van der Waals surface area contributed by atoms with Crippen molar-refractivity contribution in [1.82, 2.24) is 24.8 Å². The van der Waals surface area contributed by atoms with Gasteiger partial charge in [0.2, 0.25) is 0 Å². The molecule has 1 aliphatic carbocycles. The lowest BCUT2D eigenvalue weighted by molar-refractivity contribution is -0.145. The molecule has 8 heteroatoms. The van der Waals surface area contributed by atoms with Crippen molar-refractivity contribution in [3.63, 3.8) is 0 Å². The Balaban J connectivity index is 1.30. The fraction of sp³-hybridized carbons (Fsp3) is 0.545. The van der Waals surface area contributed by atoms with Gasteiger partial charge in [-0.2, -0.15) is 10.1 Å². The molecule has 1 amide bonds. The number of methoxy groups -OCH3 is 1. The molecule has 8 nitrogen and oxygen atoms in total. The van der Waals surface area contributed by atoms with E-state index in [0.29, 0.717) is 19.0 Å². The highest BCUT2D eigenvalue weighted by atomic mass is 16.5. The normalized spacial score (nSPS) is 19.0. The van der Waals surface area contributed by atoms with E-state index in [1.165, 1.54) is 0 Å². The Kier molecular flexibility index (Phi) is 4.61. The minimum absolute atomic E-state index is 0.132. The summed E-state index contributed by atoms with van der Waals surface area (Å²) in [5, 5.41) is 9.81. The van der Waals surface area contributed by atoms with Crippen molar-refractivity contribution in [1.29, 1.82) is 0 Å². The minimum Gasteiger partial charge on any atom is -0.368 e. The van der Waals surface area contributed by atoms with Gasteiger partial charge in [-0.15, -0.1) is 0 Å². The molecule has 2 aliphatic rings. The maximum atomic E-state index is 12.6. The Hall–Kier alpha value is -2.74. The summed E-state index contributed by atoms with van der Waals surface area (Å²) in [7, 11) is 1.63. The van der Waals surface area contributed by atoms with Crippen LogP contribution in [0.3, 0.4) is 0 Å². The second kappa shape index (κ2) is 7.19. The molecule has 1 saturated carbocycles. The first-order valence-electron chi connectivity index (χ1n) is 10.7. The first-order valence-corrected chi connectivity index (χ1v) is 10.7. The lowest BCUT2D eigenvalue weighted by atomic mass is 9.95. The van der Waals surface area contributed by atoms with Crippen molar-refractivity contribution in [3.8, 4) is 11.5 Å². The molecule has 1 aliphatic heterocycles.